The lowest BCUT2D eigenvalue weighted by atomic mass is 10.1. The molecule has 2 N–H and O–H groups in total. The number of hydrogen-bond donors (Lipinski definition) is 2. The van der Waals surface area contributed by atoms with Crippen molar-refractivity contribution in [2.75, 3.05) is 11.9 Å². The van der Waals surface area contributed by atoms with E-state index in [1.54, 1.807) is 30.5 Å². The molecule has 4 atom stereocenters. The fourth-order valence-corrected chi connectivity index (χ4v) is 4.63. The maximum absolute atomic E-state index is 13.0. The lowest BCUT2D eigenvalue weighted by Crippen LogP contribution is -2.40. The molecule has 228 valence electrons. The molecule has 0 bridgehead atoms. The van der Waals surface area contributed by atoms with E-state index in [1.165, 1.54) is 18.4 Å². The molecule has 1 amide bonds. The summed E-state index contributed by atoms with van der Waals surface area (Å²) in [6, 6.07) is 8.77. The molecular formula is C27H26N8O9. The van der Waals surface area contributed by atoms with E-state index in [1.807, 2.05) is 6.07 Å². The number of H-pyrrole nitrogens is 1. The zero-order chi connectivity index (χ0) is 31.5. The van der Waals surface area contributed by atoms with E-state index in [-0.39, 0.29) is 29.7 Å². The van der Waals surface area contributed by atoms with Crippen molar-refractivity contribution < 1.29 is 38.1 Å². The van der Waals surface area contributed by atoms with Gasteiger partial charge in [0.2, 0.25) is 11.9 Å². The maximum atomic E-state index is 13.0. The molecule has 4 heterocycles. The number of aromatic nitrogens is 5. The third kappa shape index (κ3) is 6.41. The van der Waals surface area contributed by atoms with Crippen LogP contribution in [-0.4, -0.2) is 73.2 Å². The number of nitrogens with one attached hydrogen (secondary N) is 2. The Morgan fingerprint density at radius 2 is 1.75 bits per heavy atom. The van der Waals surface area contributed by atoms with E-state index in [9.17, 15) is 24.0 Å². The zero-order valence-corrected chi connectivity index (χ0v) is 23.8. The monoisotopic (exact) mass is 606 g/mol. The van der Waals surface area contributed by atoms with Crippen LogP contribution in [0.3, 0.4) is 0 Å². The molecule has 1 unspecified atom stereocenters. The first kappa shape index (κ1) is 29.9. The normalized spacial score (nSPS) is 19.7. The highest BCUT2D eigenvalue weighted by Crippen LogP contribution is 2.39. The van der Waals surface area contributed by atoms with Gasteiger partial charge in [0.15, 0.2) is 29.6 Å². The topological polar surface area (TPSA) is 218 Å². The number of anilines is 1. The first-order chi connectivity index (χ1) is 21.0. The maximum Gasteiger partial charge on any atom is 0.303 e. The van der Waals surface area contributed by atoms with Crippen LogP contribution < -0.4 is 10.9 Å². The number of aromatic amines is 1. The quantitative estimate of drug-likeness (QED) is 0.168. The van der Waals surface area contributed by atoms with Gasteiger partial charge in [0, 0.05) is 39.3 Å². The average Bonchev–Trinajstić information content (AvgIpc) is 3.47. The number of pyridine rings is 1. The van der Waals surface area contributed by atoms with Crippen molar-refractivity contribution in [3.63, 3.8) is 0 Å². The van der Waals surface area contributed by atoms with E-state index in [0.29, 0.717) is 5.69 Å². The zero-order valence-electron chi connectivity index (χ0n) is 23.8. The number of ether oxygens (including phenoxy) is 4. The van der Waals surface area contributed by atoms with Crippen LogP contribution >= 0.6 is 0 Å². The smallest absolute Gasteiger partial charge is 0.303 e. The number of esters is 3. The Morgan fingerprint density at radius 1 is 1.00 bits per heavy atom. The van der Waals surface area contributed by atoms with Crippen molar-refractivity contribution in [1.82, 2.24) is 24.5 Å². The third-order valence-corrected chi connectivity index (χ3v) is 6.26. The van der Waals surface area contributed by atoms with Crippen LogP contribution in [0.15, 0.2) is 51.6 Å². The highest BCUT2D eigenvalue weighted by Gasteiger charge is 2.52. The number of carbonyl (C=O) groups excluding carboxylic acids is 4. The second-order valence-corrected chi connectivity index (χ2v) is 9.65. The molecule has 1 saturated heterocycles. The Labute approximate surface area is 247 Å². The van der Waals surface area contributed by atoms with Crippen LogP contribution in [0.2, 0.25) is 0 Å². The summed E-state index contributed by atoms with van der Waals surface area (Å²) in [5, 5.41) is 11.7. The predicted molar refractivity (Wildman–Crippen MR) is 150 cm³/mol. The molecule has 1 aliphatic rings. The fourth-order valence-electron chi connectivity index (χ4n) is 4.63. The second kappa shape index (κ2) is 12.3. The molecule has 3 aromatic heterocycles. The molecule has 0 saturated carbocycles. The predicted octanol–water partition coefficient (Wildman–Crippen LogP) is 2.37. The van der Waals surface area contributed by atoms with E-state index < -0.39 is 53.9 Å². The lowest BCUT2D eigenvalue weighted by molar-refractivity contribution is -0.166. The minimum Gasteiger partial charge on any atom is -0.463 e. The molecule has 4 aromatic rings. The lowest BCUT2D eigenvalue weighted by Gasteiger charge is -2.24. The van der Waals surface area contributed by atoms with Crippen LogP contribution in [0.5, 0.6) is 0 Å². The molecule has 0 aliphatic carbocycles. The van der Waals surface area contributed by atoms with Crippen LogP contribution in [0.25, 0.3) is 22.1 Å². The van der Waals surface area contributed by atoms with E-state index >= 15 is 0 Å². The van der Waals surface area contributed by atoms with Crippen molar-refractivity contribution in [1.29, 1.82) is 0 Å². The van der Waals surface area contributed by atoms with Gasteiger partial charge in [0.25, 0.3) is 11.5 Å². The number of benzene rings is 1. The van der Waals surface area contributed by atoms with Crippen LogP contribution in [0.4, 0.5) is 17.6 Å². The van der Waals surface area contributed by atoms with Crippen molar-refractivity contribution in [2.24, 2.45) is 10.2 Å². The van der Waals surface area contributed by atoms with E-state index in [2.05, 4.69) is 35.5 Å². The number of fused-ring (bicyclic) bond motifs is 2. The Kier molecular flexibility index (Phi) is 8.38. The highest BCUT2D eigenvalue weighted by atomic mass is 16.7. The second-order valence-electron chi connectivity index (χ2n) is 9.65. The number of nitrogens with zero attached hydrogens (tertiary/aromatic N) is 6. The highest BCUT2D eigenvalue weighted by molar-refractivity contribution is 5.87. The van der Waals surface area contributed by atoms with Gasteiger partial charge in [-0.3, -0.25) is 43.8 Å². The van der Waals surface area contributed by atoms with Crippen molar-refractivity contribution in [3.8, 4) is 0 Å². The number of amides is 1. The van der Waals surface area contributed by atoms with Gasteiger partial charge in [0.1, 0.15) is 12.7 Å². The standard InChI is InChI=1S/C27H26N8O9/c1-12(36)29-26-31-23-20(24(40)32-26)30-27(34-33-17-7-8-18-16(10-17)6-5-9-28-18)35(23)25-22(43-15(4)39)21(42-14(3)38)19(44-25)11-41-13(2)37/h5-10,19,21-22,25H,11H2,1-4H3,(H2,29,31,32,36,40)/b34-33+/t19-,21+,22?,25-/m1/s1. The average molecular weight is 607 g/mol. The molecular weight excluding hydrogens is 580 g/mol. The van der Waals surface area contributed by atoms with Gasteiger partial charge in [-0.1, -0.05) is 6.07 Å². The van der Waals surface area contributed by atoms with E-state index in [4.69, 9.17) is 18.9 Å². The van der Waals surface area contributed by atoms with Gasteiger partial charge in [-0.2, -0.15) is 4.98 Å². The Balaban J connectivity index is 1.68. The van der Waals surface area contributed by atoms with Crippen molar-refractivity contribution in [2.45, 2.75) is 52.2 Å². The molecule has 1 aromatic carbocycles. The summed E-state index contributed by atoms with van der Waals surface area (Å²) >= 11 is 0. The summed E-state index contributed by atoms with van der Waals surface area (Å²) < 4.78 is 23.5. The SMILES string of the molecule is CC(=O)Nc1nc2c(nc(/N=N/c3ccc4ncccc4c3)n2[C@@H]2O[C@H](COC(C)=O)[C@H](OC(C)=O)C2OC(C)=O)c(=O)[nH]1. The molecule has 5 rings (SSSR count). The minimum absolute atomic E-state index is 0.133. The van der Waals surface area contributed by atoms with Gasteiger partial charge >= 0.3 is 17.9 Å². The number of carbonyl (C=O) groups is 4. The van der Waals surface area contributed by atoms with Crippen LogP contribution in [0, 0.1) is 0 Å². The summed E-state index contributed by atoms with van der Waals surface area (Å²) in [6.07, 6.45) is -3.44. The first-order valence-electron chi connectivity index (χ1n) is 13.2. The van der Waals surface area contributed by atoms with Gasteiger partial charge < -0.3 is 18.9 Å². The van der Waals surface area contributed by atoms with Gasteiger partial charge in [-0.05, 0) is 24.3 Å². The van der Waals surface area contributed by atoms with Crippen molar-refractivity contribution >= 4 is 63.5 Å². The molecule has 0 radical (unpaired) electrons. The molecule has 0 spiro atoms. The largest absolute Gasteiger partial charge is 0.463 e. The minimum atomic E-state index is -1.37. The van der Waals surface area contributed by atoms with Crippen LogP contribution in [-0.2, 0) is 38.1 Å². The molecule has 44 heavy (non-hydrogen) atoms. The van der Waals surface area contributed by atoms with Crippen LogP contribution in [0.1, 0.15) is 33.9 Å². The number of imidazole rings is 1. The van der Waals surface area contributed by atoms with Gasteiger partial charge in [-0.15, -0.1) is 10.2 Å². The van der Waals surface area contributed by atoms with Crippen molar-refractivity contribution in [3.05, 3.63) is 46.9 Å². The molecule has 1 fully saturated rings. The first-order valence-corrected chi connectivity index (χ1v) is 13.2. The third-order valence-electron chi connectivity index (χ3n) is 6.26. The van der Waals surface area contributed by atoms with Gasteiger partial charge in [-0.25, -0.2) is 4.98 Å². The summed E-state index contributed by atoms with van der Waals surface area (Å²) in [5.74, 6) is -3.05. The summed E-state index contributed by atoms with van der Waals surface area (Å²) in [5.41, 5.74) is 0.0679. The molecule has 17 heteroatoms. The number of azo groups is 1. The Morgan fingerprint density at radius 3 is 2.45 bits per heavy atom. The number of hydrogen-bond acceptors (Lipinski definition) is 14. The molecule has 1 aliphatic heterocycles. The number of rotatable bonds is 8. The molecule has 17 nitrogen and oxygen atoms in total. The summed E-state index contributed by atoms with van der Waals surface area (Å²) in [6.45, 7) is 4.32. The fraction of sp³-hybridized carbons (Fsp3) is 0.333. The van der Waals surface area contributed by atoms with E-state index in [0.717, 1.165) is 24.8 Å². The Hall–Kier alpha value is -5.58. The summed E-state index contributed by atoms with van der Waals surface area (Å²) in [7, 11) is 0. The Bertz CT molecular complexity index is 1870. The van der Waals surface area contributed by atoms with Gasteiger partial charge in [0.05, 0.1) is 11.2 Å². The summed E-state index contributed by atoms with van der Waals surface area (Å²) in [4.78, 5) is 76.0.